The SMILES string of the molecule is CN(C)c1ccc(-c2noc(C3CCCN(C(=O)c4ccc(F)cc4)C3)n2)cc1. The Kier molecular flexibility index (Phi) is 5.29. The van der Waals surface area contributed by atoms with Crippen LogP contribution < -0.4 is 4.90 Å². The molecular formula is C22H23FN4O2. The maximum absolute atomic E-state index is 13.1. The minimum Gasteiger partial charge on any atom is -0.378 e. The van der Waals surface area contributed by atoms with Crippen molar-refractivity contribution in [1.29, 1.82) is 0 Å². The fourth-order valence-corrected chi connectivity index (χ4v) is 3.57. The summed E-state index contributed by atoms with van der Waals surface area (Å²) in [7, 11) is 3.98. The van der Waals surface area contributed by atoms with Gasteiger partial charge in [0, 0.05) is 44.0 Å². The molecule has 0 aliphatic carbocycles. The van der Waals surface area contributed by atoms with E-state index in [-0.39, 0.29) is 17.6 Å². The Bertz CT molecular complexity index is 983. The number of piperidine rings is 1. The van der Waals surface area contributed by atoms with Gasteiger partial charge in [-0.25, -0.2) is 4.39 Å². The summed E-state index contributed by atoms with van der Waals surface area (Å²) >= 11 is 0. The number of aromatic nitrogens is 2. The van der Waals surface area contributed by atoms with Crippen LogP contribution in [0.2, 0.25) is 0 Å². The molecule has 1 fully saturated rings. The number of hydrogen-bond donors (Lipinski definition) is 0. The number of carbonyl (C=O) groups is 1. The molecule has 4 rings (SSSR count). The van der Waals surface area contributed by atoms with E-state index in [0.717, 1.165) is 24.1 Å². The molecule has 29 heavy (non-hydrogen) atoms. The molecule has 1 amide bonds. The Balaban J connectivity index is 1.47. The van der Waals surface area contributed by atoms with Crippen LogP contribution in [0.4, 0.5) is 10.1 Å². The summed E-state index contributed by atoms with van der Waals surface area (Å²) in [4.78, 5) is 21.1. The zero-order valence-electron chi connectivity index (χ0n) is 16.5. The molecular weight excluding hydrogens is 371 g/mol. The maximum atomic E-state index is 13.1. The zero-order valence-corrected chi connectivity index (χ0v) is 16.5. The van der Waals surface area contributed by atoms with Crippen LogP contribution in [-0.2, 0) is 0 Å². The summed E-state index contributed by atoms with van der Waals surface area (Å²) in [6, 6.07) is 13.6. The van der Waals surface area contributed by atoms with Crippen LogP contribution in [-0.4, -0.2) is 48.1 Å². The van der Waals surface area contributed by atoms with Crippen molar-refractivity contribution in [3.05, 3.63) is 65.8 Å². The third kappa shape index (κ3) is 4.13. The number of carbonyl (C=O) groups excluding carboxylic acids is 1. The normalized spacial score (nSPS) is 16.7. The van der Waals surface area contributed by atoms with Crippen molar-refractivity contribution in [2.75, 3.05) is 32.1 Å². The van der Waals surface area contributed by atoms with E-state index in [1.54, 1.807) is 4.90 Å². The standard InChI is InChI=1S/C22H23FN4O2/c1-26(2)19-11-7-15(8-12-19)20-24-21(29-25-20)17-4-3-13-27(14-17)22(28)16-5-9-18(23)10-6-16/h5-12,17H,3-4,13-14H2,1-2H3. The third-order valence-corrected chi connectivity index (χ3v) is 5.23. The van der Waals surface area contributed by atoms with Crippen molar-refractivity contribution >= 4 is 11.6 Å². The number of nitrogens with zero attached hydrogens (tertiary/aromatic N) is 4. The minimum absolute atomic E-state index is 0.00422. The van der Waals surface area contributed by atoms with Crippen molar-refractivity contribution in [2.24, 2.45) is 0 Å². The van der Waals surface area contributed by atoms with E-state index < -0.39 is 0 Å². The molecule has 6 nitrogen and oxygen atoms in total. The second-order valence-electron chi connectivity index (χ2n) is 7.49. The van der Waals surface area contributed by atoms with Crippen LogP contribution in [0.3, 0.4) is 0 Å². The van der Waals surface area contributed by atoms with Gasteiger partial charge >= 0.3 is 0 Å². The molecule has 3 aromatic rings. The minimum atomic E-state index is -0.352. The molecule has 1 unspecified atom stereocenters. The molecule has 1 aromatic heterocycles. The fraction of sp³-hybridized carbons (Fsp3) is 0.318. The van der Waals surface area contributed by atoms with Crippen molar-refractivity contribution in [1.82, 2.24) is 15.0 Å². The third-order valence-electron chi connectivity index (χ3n) is 5.23. The predicted octanol–water partition coefficient (Wildman–Crippen LogP) is 3.96. The summed E-state index contributed by atoms with van der Waals surface area (Å²) in [5, 5.41) is 4.13. The molecule has 2 aromatic carbocycles. The Morgan fingerprint density at radius 1 is 1.14 bits per heavy atom. The van der Waals surface area contributed by atoms with Crippen LogP contribution >= 0.6 is 0 Å². The van der Waals surface area contributed by atoms with Crippen LogP contribution in [0.1, 0.15) is 35.0 Å². The molecule has 7 heteroatoms. The number of anilines is 1. The van der Waals surface area contributed by atoms with Gasteiger partial charge in [-0.2, -0.15) is 4.98 Å². The van der Waals surface area contributed by atoms with Gasteiger partial charge in [0.05, 0.1) is 5.92 Å². The first-order valence-electron chi connectivity index (χ1n) is 9.67. The summed E-state index contributed by atoms with van der Waals surface area (Å²) in [5.41, 5.74) is 2.47. The Hall–Kier alpha value is -3.22. The molecule has 1 saturated heterocycles. The summed E-state index contributed by atoms with van der Waals surface area (Å²) in [6.07, 6.45) is 1.74. The average Bonchev–Trinajstić information content (AvgIpc) is 3.24. The second kappa shape index (κ2) is 8.03. The van der Waals surface area contributed by atoms with E-state index in [4.69, 9.17) is 4.52 Å². The van der Waals surface area contributed by atoms with Gasteiger partial charge in [-0.15, -0.1) is 0 Å². The van der Waals surface area contributed by atoms with Gasteiger partial charge in [0.2, 0.25) is 11.7 Å². The highest BCUT2D eigenvalue weighted by Gasteiger charge is 2.29. The van der Waals surface area contributed by atoms with Gasteiger partial charge in [-0.3, -0.25) is 4.79 Å². The number of hydrogen-bond acceptors (Lipinski definition) is 5. The molecule has 1 aliphatic heterocycles. The first-order valence-corrected chi connectivity index (χ1v) is 9.67. The maximum Gasteiger partial charge on any atom is 0.253 e. The van der Waals surface area contributed by atoms with Gasteiger partial charge in [0.1, 0.15) is 5.82 Å². The quantitative estimate of drug-likeness (QED) is 0.670. The summed E-state index contributed by atoms with van der Waals surface area (Å²) < 4.78 is 18.7. The van der Waals surface area contributed by atoms with E-state index in [1.807, 2.05) is 43.3 Å². The van der Waals surface area contributed by atoms with Crippen molar-refractivity contribution in [2.45, 2.75) is 18.8 Å². The predicted molar refractivity (Wildman–Crippen MR) is 108 cm³/mol. The van der Waals surface area contributed by atoms with E-state index in [1.165, 1.54) is 24.3 Å². The highest BCUT2D eigenvalue weighted by molar-refractivity contribution is 5.94. The summed E-state index contributed by atoms with van der Waals surface area (Å²) in [5.74, 6) is 0.639. The molecule has 0 radical (unpaired) electrons. The summed E-state index contributed by atoms with van der Waals surface area (Å²) in [6.45, 7) is 1.18. The van der Waals surface area contributed by atoms with Gasteiger partial charge in [0.15, 0.2) is 0 Å². The number of benzene rings is 2. The van der Waals surface area contributed by atoms with Crippen LogP contribution in [0.25, 0.3) is 11.4 Å². The second-order valence-corrected chi connectivity index (χ2v) is 7.49. The molecule has 0 spiro atoms. The van der Waals surface area contributed by atoms with Crippen molar-refractivity contribution < 1.29 is 13.7 Å². The largest absolute Gasteiger partial charge is 0.378 e. The lowest BCUT2D eigenvalue weighted by molar-refractivity contribution is 0.0695. The number of likely N-dealkylation sites (tertiary alicyclic amines) is 1. The molecule has 0 saturated carbocycles. The number of amides is 1. The van der Waals surface area contributed by atoms with Gasteiger partial charge < -0.3 is 14.3 Å². The van der Waals surface area contributed by atoms with Crippen LogP contribution in [0.15, 0.2) is 53.1 Å². The van der Waals surface area contributed by atoms with Crippen molar-refractivity contribution in [3.8, 4) is 11.4 Å². The average molecular weight is 394 g/mol. The lowest BCUT2D eigenvalue weighted by Gasteiger charge is -2.31. The lowest BCUT2D eigenvalue weighted by atomic mass is 9.97. The highest BCUT2D eigenvalue weighted by atomic mass is 19.1. The van der Waals surface area contributed by atoms with Gasteiger partial charge in [-0.05, 0) is 61.4 Å². The van der Waals surface area contributed by atoms with Crippen molar-refractivity contribution in [3.63, 3.8) is 0 Å². The smallest absolute Gasteiger partial charge is 0.253 e. The fourth-order valence-electron chi connectivity index (χ4n) is 3.57. The Labute approximate surface area is 168 Å². The first-order chi connectivity index (χ1) is 14.0. The molecule has 2 heterocycles. The Morgan fingerprint density at radius 2 is 1.86 bits per heavy atom. The van der Waals surface area contributed by atoms with E-state index in [9.17, 15) is 9.18 Å². The lowest BCUT2D eigenvalue weighted by Crippen LogP contribution is -2.39. The van der Waals surface area contributed by atoms with Gasteiger partial charge in [0.25, 0.3) is 5.91 Å². The van der Waals surface area contributed by atoms with E-state index in [2.05, 4.69) is 10.1 Å². The van der Waals surface area contributed by atoms with E-state index >= 15 is 0 Å². The first kappa shape index (κ1) is 19.1. The molecule has 150 valence electrons. The van der Waals surface area contributed by atoms with Crippen LogP contribution in [0.5, 0.6) is 0 Å². The van der Waals surface area contributed by atoms with Gasteiger partial charge in [-0.1, -0.05) is 5.16 Å². The number of halogens is 1. The molecule has 0 N–H and O–H groups in total. The van der Waals surface area contributed by atoms with Crippen LogP contribution in [0, 0.1) is 5.82 Å². The molecule has 0 bridgehead atoms. The molecule has 1 aliphatic rings. The topological polar surface area (TPSA) is 62.5 Å². The monoisotopic (exact) mass is 394 g/mol. The molecule has 1 atom stereocenters. The highest BCUT2D eigenvalue weighted by Crippen LogP contribution is 2.29. The Morgan fingerprint density at radius 3 is 2.55 bits per heavy atom. The van der Waals surface area contributed by atoms with E-state index in [0.29, 0.717) is 30.4 Å². The number of rotatable bonds is 4. The zero-order chi connectivity index (χ0) is 20.4.